The molecule has 1 atom stereocenters. The van der Waals surface area contributed by atoms with Gasteiger partial charge >= 0.3 is 0 Å². The van der Waals surface area contributed by atoms with Crippen LogP contribution in [-0.4, -0.2) is 39.6 Å². The first-order valence-corrected chi connectivity index (χ1v) is 9.29. The van der Waals surface area contributed by atoms with Crippen molar-refractivity contribution in [2.24, 2.45) is 5.41 Å². The predicted octanol–water partition coefficient (Wildman–Crippen LogP) is 3.07. The van der Waals surface area contributed by atoms with Crippen molar-refractivity contribution in [2.75, 3.05) is 19.8 Å². The van der Waals surface area contributed by atoms with Gasteiger partial charge in [-0.15, -0.1) is 0 Å². The standard InChI is InChI=1S/C18H31BO3/c19-18(5-3-1-2-4-6-18)16(7-11-20)8-14-22-17(15-16)9-12-21-13-10-17/h11H,1-10,12-15,19H2. The van der Waals surface area contributed by atoms with E-state index in [0.29, 0.717) is 5.31 Å². The van der Waals surface area contributed by atoms with E-state index in [9.17, 15) is 4.79 Å². The normalized spacial score (nSPS) is 34.9. The fourth-order valence-electron chi connectivity index (χ4n) is 5.42. The Morgan fingerprint density at radius 2 is 1.59 bits per heavy atom. The van der Waals surface area contributed by atoms with Crippen molar-refractivity contribution in [1.29, 1.82) is 0 Å². The Bertz CT molecular complexity index is 378. The van der Waals surface area contributed by atoms with E-state index in [4.69, 9.17) is 9.47 Å². The molecule has 3 aliphatic rings. The SMILES string of the molecule is BC1(C2(CC=O)CCOC3(CCOCC3)C2)CCCCCC1. The van der Waals surface area contributed by atoms with E-state index < -0.39 is 0 Å². The highest BCUT2D eigenvalue weighted by molar-refractivity contribution is 6.16. The third-order valence-corrected chi connectivity index (χ3v) is 7.01. The van der Waals surface area contributed by atoms with Crippen LogP contribution in [0.1, 0.15) is 70.6 Å². The van der Waals surface area contributed by atoms with E-state index in [1.807, 2.05) is 0 Å². The summed E-state index contributed by atoms with van der Waals surface area (Å²) in [5, 5.41) is 0.305. The highest BCUT2D eigenvalue weighted by Gasteiger charge is 2.54. The molecule has 22 heavy (non-hydrogen) atoms. The summed E-state index contributed by atoms with van der Waals surface area (Å²) in [5.74, 6) is 0. The second kappa shape index (κ2) is 6.64. The molecule has 0 amide bonds. The summed E-state index contributed by atoms with van der Waals surface area (Å²) in [6, 6.07) is 0. The van der Waals surface area contributed by atoms with Crippen LogP contribution >= 0.6 is 0 Å². The van der Waals surface area contributed by atoms with E-state index >= 15 is 0 Å². The molecule has 0 N–H and O–H groups in total. The van der Waals surface area contributed by atoms with E-state index in [1.165, 1.54) is 44.8 Å². The quantitative estimate of drug-likeness (QED) is 0.457. The Morgan fingerprint density at radius 1 is 0.909 bits per heavy atom. The predicted molar refractivity (Wildman–Crippen MR) is 90.0 cm³/mol. The van der Waals surface area contributed by atoms with Gasteiger partial charge in [-0.2, -0.15) is 0 Å². The molecule has 1 saturated carbocycles. The topological polar surface area (TPSA) is 35.5 Å². The second-order valence-corrected chi connectivity index (χ2v) is 8.20. The zero-order valence-electron chi connectivity index (χ0n) is 14.2. The van der Waals surface area contributed by atoms with Crippen LogP contribution in [0.4, 0.5) is 0 Å². The number of hydrogen-bond donors (Lipinski definition) is 0. The van der Waals surface area contributed by atoms with Gasteiger partial charge in [0.05, 0.1) is 5.60 Å². The molecule has 1 spiro atoms. The van der Waals surface area contributed by atoms with Gasteiger partial charge in [-0.3, -0.25) is 0 Å². The second-order valence-electron chi connectivity index (χ2n) is 8.20. The van der Waals surface area contributed by atoms with Gasteiger partial charge in [-0.25, -0.2) is 0 Å². The van der Waals surface area contributed by atoms with Crippen molar-refractivity contribution in [3.8, 4) is 0 Å². The molecule has 1 unspecified atom stereocenters. The molecular formula is C18H31BO3. The fraction of sp³-hybridized carbons (Fsp3) is 0.944. The van der Waals surface area contributed by atoms with Crippen molar-refractivity contribution in [1.82, 2.24) is 0 Å². The number of carbonyl (C=O) groups is 1. The van der Waals surface area contributed by atoms with Crippen LogP contribution in [0.2, 0.25) is 5.31 Å². The molecule has 2 saturated heterocycles. The first-order valence-electron chi connectivity index (χ1n) is 9.29. The van der Waals surface area contributed by atoms with E-state index in [0.717, 1.165) is 51.9 Å². The summed E-state index contributed by atoms with van der Waals surface area (Å²) in [7, 11) is 2.47. The van der Waals surface area contributed by atoms with Gasteiger partial charge in [0.25, 0.3) is 0 Å². The molecule has 1 aliphatic carbocycles. The Balaban J connectivity index is 1.87. The smallest absolute Gasteiger partial charge is 0.120 e. The first kappa shape index (κ1) is 16.5. The maximum Gasteiger partial charge on any atom is 0.120 e. The lowest BCUT2D eigenvalue weighted by Crippen LogP contribution is -2.53. The highest BCUT2D eigenvalue weighted by atomic mass is 16.5. The maximum atomic E-state index is 11.6. The van der Waals surface area contributed by atoms with Crippen LogP contribution in [0.25, 0.3) is 0 Å². The van der Waals surface area contributed by atoms with Gasteiger partial charge < -0.3 is 14.3 Å². The molecule has 0 aromatic carbocycles. The third kappa shape index (κ3) is 3.01. The summed E-state index contributed by atoms with van der Waals surface area (Å²) in [6.45, 7) is 2.45. The molecule has 2 aliphatic heterocycles. The molecule has 4 heteroatoms. The summed E-state index contributed by atoms with van der Waals surface area (Å²) in [6.07, 6.45) is 14.0. The lowest BCUT2D eigenvalue weighted by molar-refractivity contribution is -0.178. The zero-order chi connectivity index (χ0) is 15.5. The maximum absolute atomic E-state index is 11.6. The number of carbonyl (C=O) groups excluding carboxylic acids is 1. The summed E-state index contributed by atoms with van der Waals surface area (Å²) < 4.78 is 11.8. The summed E-state index contributed by atoms with van der Waals surface area (Å²) in [4.78, 5) is 11.6. The Hall–Kier alpha value is -0.345. The van der Waals surface area contributed by atoms with Crippen molar-refractivity contribution in [2.45, 2.75) is 81.5 Å². The van der Waals surface area contributed by atoms with Crippen LogP contribution in [0.15, 0.2) is 0 Å². The minimum absolute atomic E-state index is 0.0190. The van der Waals surface area contributed by atoms with E-state index in [2.05, 4.69) is 7.85 Å². The minimum atomic E-state index is -0.0190. The average Bonchev–Trinajstić information content (AvgIpc) is 2.74. The van der Waals surface area contributed by atoms with Crippen molar-refractivity contribution in [3.63, 3.8) is 0 Å². The van der Waals surface area contributed by atoms with Gasteiger partial charge in [0.15, 0.2) is 0 Å². The molecule has 3 nitrogen and oxygen atoms in total. The number of rotatable bonds is 3. The van der Waals surface area contributed by atoms with Gasteiger partial charge in [-0.1, -0.05) is 43.8 Å². The van der Waals surface area contributed by atoms with Crippen molar-refractivity contribution < 1.29 is 14.3 Å². The lowest BCUT2D eigenvalue weighted by atomic mass is 9.44. The molecule has 0 aromatic heterocycles. The minimum Gasteiger partial charge on any atom is -0.381 e. The number of hydrogen-bond acceptors (Lipinski definition) is 3. The third-order valence-electron chi connectivity index (χ3n) is 7.01. The molecule has 0 radical (unpaired) electrons. The van der Waals surface area contributed by atoms with Gasteiger partial charge in [0.2, 0.25) is 0 Å². The highest BCUT2D eigenvalue weighted by Crippen LogP contribution is 2.62. The van der Waals surface area contributed by atoms with Gasteiger partial charge in [0.1, 0.15) is 14.1 Å². The first-order chi connectivity index (χ1) is 10.6. The van der Waals surface area contributed by atoms with Crippen LogP contribution in [0.3, 0.4) is 0 Å². The van der Waals surface area contributed by atoms with Crippen LogP contribution in [0.5, 0.6) is 0 Å². The number of aldehydes is 1. The Morgan fingerprint density at radius 3 is 2.23 bits per heavy atom. The number of ether oxygens (including phenoxy) is 2. The lowest BCUT2D eigenvalue weighted by Gasteiger charge is -2.57. The van der Waals surface area contributed by atoms with E-state index in [1.54, 1.807) is 0 Å². The summed E-state index contributed by atoms with van der Waals surface area (Å²) in [5.41, 5.74) is 0.128. The molecule has 0 bridgehead atoms. The average molecular weight is 306 g/mol. The molecule has 2 heterocycles. The molecule has 3 rings (SSSR count). The molecule has 124 valence electrons. The van der Waals surface area contributed by atoms with Crippen molar-refractivity contribution >= 4 is 14.1 Å². The molecule has 0 aromatic rings. The monoisotopic (exact) mass is 306 g/mol. The largest absolute Gasteiger partial charge is 0.381 e. The van der Waals surface area contributed by atoms with Crippen LogP contribution in [-0.2, 0) is 14.3 Å². The Kier molecular flexibility index (Phi) is 4.99. The molecule has 3 fully saturated rings. The van der Waals surface area contributed by atoms with Crippen molar-refractivity contribution in [3.05, 3.63) is 0 Å². The van der Waals surface area contributed by atoms with Gasteiger partial charge in [-0.05, 0) is 31.1 Å². The van der Waals surface area contributed by atoms with E-state index in [-0.39, 0.29) is 11.0 Å². The van der Waals surface area contributed by atoms with Crippen LogP contribution < -0.4 is 0 Å². The van der Waals surface area contributed by atoms with Crippen LogP contribution in [0, 0.1) is 5.41 Å². The Labute approximate surface area is 135 Å². The summed E-state index contributed by atoms with van der Waals surface area (Å²) >= 11 is 0. The van der Waals surface area contributed by atoms with Gasteiger partial charge in [0, 0.05) is 26.2 Å². The zero-order valence-corrected chi connectivity index (χ0v) is 14.2. The fourth-order valence-corrected chi connectivity index (χ4v) is 5.42. The molecular weight excluding hydrogens is 275 g/mol.